The Morgan fingerprint density at radius 3 is 2.38 bits per heavy atom. The summed E-state index contributed by atoms with van der Waals surface area (Å²) in [6.45, 7) is 1.09. The van der Waals surface area contributed by atoms with Gasteiger partial charge in [0.15, 0.2) is 0 Å². The number of carbonyl (C=O) groups excluding carboxylic acids is 1. The van der Waals surface area contributed by atoms with Gasteiger partial charge in [0.2, 0.25) is 0 Å². The number of benzene rings is 2. The van der Waals surface area contributed by atoms with Crippen molar-refractivity contribution in [2.45, 2.75) is 13.1 Å². The van der Waals surface area contributed by atoms with E-state index in [1.54, 1.807) is 38.6 Å². The SMILES string of the molecule is COc1cc(OC)cc(C(=O)NCc2cnn(Cc3ccccc3)c2)c1. The van der Waals surface area contributed by atoms with Crippen molar-refractivity contribution in [2.24, 2.45) is 0 Å². The topological polar surface area (TPSA) is 65.4 Å². The maximum Gasteiger partial charge on any atom is 0.251 e. The molecule has 0 radical (unpaired) electrons. The van der Waals surface area contributed by atoms with Crippen molar-refractivity contribution in [1.82, 2.24) is 15.1 Å². The van der Waals surface area contributed by atoms with Crippen molar-refractivity contribution < 1.29 is 14.3 Å². The van der Waals surface area contributed by atoms with Gasteiger partial charge in [-0.05, 0) is 17.7 Å². The number of methoxy groups -OCH3 is 2. The molecule has 134 valence electrons. The molecule has 26 heavy (non-hydrogen) atoms. The highest BCUT2D eigenvalue weighted by Gasteiger charge is 2.10. The first kappa shape index (κ1) is 17.5. The van der Waals surface area contributed by atoms with E-state index in [4.69, 9.17) is 9.47 Å². The lowest BCUT2D eigenvalue weighted by Crippen LogP contribution is -2.22. The highest BCUT2D eigenvalue weighted by Crippen LogP contribution is 2.22. The molecule has 0 unspecified atom stereocenters. The van der Waals surface area contributed by atoms with E-state index in [0.29, 0.717) is 30.2 Å². The fourth-order valence-corrected chi connectivity index (χ4v) is 2.58. The summed E-state index contributed by atoms with van der Waals surface area (Å²) >= 11 is 0. The molecule has 3 rings (SSSR count). The van der Waals surface area contributed by atoms with E-state index in [1.807, 2.05) is 29.1 Å². The zero-order valence-electron chi connectivity index (χ0n) is 14.8. The summed E-state index contributed by atoms with van der Waals surface area (Å²) in [5.41, 5.74) is 2.59. The molecular formula is C20H21N3O3. The van der Waals surface area contributed by atoms with E-state index >= 15 is 0 Å². The number of ether oxygens (including phenoxy) is 2. The molecule has 3 aromatic rings. The molecule has 0 aliphatic rings. The van der Waals surface area contributed by atoms with Crippen molar-refractivity contribution in [2.75, 3.05) is 14.2 Å². The normalized spacial score (nSPS) is 10.4. The summed E-state index contributed by atoms with van der Waals surface area (Å²) in [5.74, 6) is 0.952. The highest BCUT2D eigenvalue weighted by atomic mass is 16.5. The van der Waals surface area contributed by atoms with Gasteiger partial charge in [0.1, 0.15) is 11.5 Å². The predicted molar refractivity (Wildman–Crippen MR) is 98.5 cm³/mol. The van der Waals surface area contributed by atoms with Crippen LogP contribution in [0.3, 0.4) is 0 Å². The molecule has 0 aliphatic carbocycles. The second-order valence-corrected chi connectivity index (χ2v) is 5.82. The minimum absolute atomic E-state index is 0.196. The highest BCUT2D eigenvalue weighted by molar-refractivity contribution is 5.95. The largest absolute Gasteiger partial charge is 0.497 e. The first-order valence-electron chi connectivity index (χ1n) is 8.24. The smallest absolute Gasteiger partial charge is 0.251 e. The van der Waals surface area contributed by atoms with Gasteiger partial charge in [-0.15, -0.1) is 0 Å². The van der Waals surface area contributed by atoms with E-state index in [9.17, 15) is 4.79 Å². The van der Waals surface area contributed by atoms with Crippen molar-refractivity contribution >= 4 is 5.91 Å². The van der Waals surface area contributed by atoms with Crippen LogP contribution in [0.15, 0.2) is 60.9 Å². The van der Waals surface area contributed by atoms with E-state index in [1.165, 1.54) is 5.56 Å². The first-order chi connectivity index (χ1) is 12.7. The minimum atomic E-state index is -0.196. The first-order valence-corrected chi connectivity index (χ1v) is 8.24. The third-order valence-corrected chi connectivity index (χ3v) is 3.94. The van der Waals surface area contributed by atoms with Gasteiger partial charge in [0.25, 0.3) is 5.91 Å². The molecule has 0 atom stereocenters. The molecule has 0 saturated carbocycles. The Hall–Kier alpha value is -3.28. The predicted octanol–water partition coefficient (Wildman–Crippen LogP) is 2.88. The lowest BCUT2D eigenvalue weighted by atomic mass is 10.2. The molecule has 0 saturated heterocycles. The van der Waals surface area contributed by atoms with Crippen molar-refractivity contribution in [3.05, 3.63) is 77.6 Å². The van der Waals surface area contributed by atoms with Crippen LogP contribution in [-0.4, -0.2) is 29.9 Å². The Labute approximate surface area is 152 Å². The molecule has 6 nitrogen and oxygen atoms in total. The van der Waals surface area contributed by atoms with Crippen molar-refractivity contribution in [1.29, 1.82) is 0 Å². The van der Waals surface area contributed by atoms with Crippen LogP contribution in [-0.2, 0) is 13.1 Å². The Bertz CT molecular complexity index is 853. The third kappa shape index (κ3) is 4.42. The average Bonchev–Trinajstić information content (AvgIpc) is 3.13. The monoisotopic (exact) mass is 351 g/mol. The van der Waals surface area contributed by atoms with Crippen LogP contribution >= 0.6 is 0 Å². The number of hydrogen-bond acceptors (Lipinski definition) is 4. The van der Waals surface area contributed by atoms with Crippen LogP contribution in [0.1, 0.15) is 21.5 Å². The van der Waals surface area contributed by atoms with Crippen LogP contribution in [0.5, 0.6) is 11.5 Å². The average molecular weight is 351 g/mol. The molecule has 2 aromatic carbocycles. The van der Waals surface area contributed by atoms with Gasteiger partial charge < -0.3 is 14.8 Å². The second kappa shape index (κ2) is 8.20. The van der Waals surface area contributed by atoms with Gasteiger partial charge >= 0.3 is 0 Å². The zero-order valence-corrected chi connectivity index (χ0v) is 14.8. The van der Waals surface area contributed by atoms with Crippen LogP contribution in [0, 0.1) is 0 Å². The summed E-state index contributed by atoms with van der Waals surface area (Å²) in [6.07, 6.45) is 3.69. The van der Waals surface area contributed by atoms with Gasteiger partial charge in [0, 0.05) is 29.9 Å². The van der Waals surface area contributed by atoms with Crippen LogP contribution < -0.4 is 14.8 Å². The number of hydrogen-bond donors (Lipinski definition) is 1. The Kier molecular flexibility index (Phi) is 5.53. The fourth-order valence-electron chi connectivity index (χ4n) is 2.58. The van der Waals surface area contributed by atoms with Crippen molar-refractivity contribution in [3.63, 3.8) is 0 Å². The minimum Gasteiger partial charge on any atom is -0.497 e. The summed E-state index contributed by atoms with van der Waals surface area (Å²) in [5, 5.41) is 7.23. The molecule has 1 heterocycles. The molecular weight excluding hydrogens is 330 g/mol. The summed E-state index contributed by atoms with van der Waals surface area (Å²) in [7, 11) is 3.11. The van der Waals surface area contributed by atoms with Gasteiger partial charge in [-0.3, -0.25) is 9.48 Å². The Morgan fingerprint density at radius 1 is 1.04 bits per heavy atom. The molecule has 1 aromatic heterocycles. The zero-order chi connectivity index (χ0) is 18.4. The lowest BCUT2D eigenvalue weighted by molar-refractivity contribution is 0.0950. The maximum absolute atomic E-state index is 12.4. The lowest BCUT2D eigenvalue weighted by Gasteiger charge is -2.08. The standard InChI is InChI=1S/C20H21N3O3/c1-25-18-8-17(9-19(10-18)26-2)20(24)21-11-16-12-22-23(14-16)13-15-6-4-3-5-7-15/h3-10,12,14H,11,13H2,1-2H3,(H,21,24). The molecule has 1 amide bonds. The molecule has 0 spiro atoms. The quantitative estimate of drug-likeness (QED) is 0.711. The van der Waals surface area contributed by atoms with E-state index < -0.39 is 0 Å². The molecule has 1 N–H and O–H groups in total. The van der Waals surface area contributed by atoms with Gasteiger partial charge in [-0.1, -0.05) is 30.3 Å². The fraction of sp³-hybridized carbons (Fsp3) is 0.200. The Balaban J connectivity index is 1.61. The van der Waals surface area contributed by atoms with Gasteiger partial charge in [-0.2, -0.15) is 5.10 Å². The molecule has 0 aliphatic heterocycles. The van der Waals surface area contributed by atoms with E-state index in [0.717, 1.165) is 5.56 Å². The molecule has 6 heteroatoms. The van der Waals surface area contributed by atoms with Crippen LogP contribution in [0.2, 0.25) is 0 Å². The van der Waals surface area contributed by atoms with Gasteiger partial charge in [0.05, 0.1) is 27.0 Å². The molecule has 0 fully saturated rings. The maximum atomic E-state index is 12.4. The number of nitrogens with zero attached hydrogens (tertiary/aromatic N) is 2. The van der Waals surface area contributed by atoms with E-state index in [2.05, 4.69) is 22.5 Å². The Morgan fingerprint density at radius 2 is 1.73 bits per heavy atom. The molecule has 0 bridgehead atoms. The number of carbonyl (C=O) groups is 1. The third-order valence-electron chi connectivity index (χ3n) is 3.94. The van der Waals surface area contributed by atoms with Gasteiger partial charge in [-0.25, -0.2) is 0 Å². The summed E-state index contributed by atoms with van der Waals surface area (Å²) < 4.78 is 12.2. The number of nitrogens with one attached hydrogen (secondary N) is 1. The number of amides is 1. The summed E-state index contributed by atoms with van der Waals surface area (Å²) in [6, 6.07) is 15.2. The second-order valence-electron chi connectivity index (χ2n) is 5.82. The summed E-state index contributed by atoms with van der Waals surface area (Å²) in [4.78, 5) is 12.4. The van der Waals surface area contributed by atoms with Crippen LogP contribution in [0.25, 0.3) is 0 Å². The van der Waals surface area contributed by atoms with E-state index in [-0.39, 0.29) is 5.91 Å². The van der Waals surface area contributed by atoms with Crippen LogP contribution in [0.4, 0.5) is 0 Å². The number of rotatable bonds is 7. The number of aromatic nitrogens is 2. The van der Waals surface area contributed by atoms with Crippen molar-refractivity contribution in [3.8, 4) is 11.5 Å².